The summed E-state index contributed by atoms with van der Waals surface area (Å²) in [4.78, 5) is 63.8. The third-order valence-electron chi connectivity index (χ3n) is 12.7. The van der Waals surface area contributed by atoms with Crippen LogP contribution < -0.4 is 29.7 Å². The van der Waals surface area contributed by atoms with Crippen LogP contribution in [0.3, 0.4) is 0 Å². The maximum absolute atomic E-state index is 13.5. The number of benzene rings is 3. The third kappa shape index (κ3) is 8.95. The molecule has 17 heteroatoms. The fourth-order valence-corrected chi connectivity index (χ4v) is 9.86. The molecule has 0 saturated carbocycles. The van der Waals surface area contributed by atoms with E-state index in [1.165, 1.54) is 13.3 Å². The minimum atomic E-state index is -0.984. The molecule has 3 atom stereocenters. The SMILES string of the molecule is COc1cc(Nc2c(C#N)cnc3cc(OCCCN4CCC(CN5C(C)CN(c6ccc7c(c6)C(=O)N(C6CCC(=O)NC6=O)C7=O)CC5C)CC4)c(OC)cc23)c(Cl)cc1Cl. The van der Waals surface area contributed by atoms with E-state index < -0.39 is 29.7 Å². The van der Waals surface area contributed by atoms with Gasteiger partial charge in [0, 0.05) is 74.1 Å². The van der Waals surface area contributed by atoms with Gasteiger partial charge in [-0.25, -0.2) is 0 Å². The van der Waals surface area contributed by atoms with Crippen LogP contribution in [0.25, 0.3) is 10.9 Å². The summed E-state index contributed by atoms with van der Waals surface area (Å²) in [6.07, 6.45) is 4.80. The van der Waals surface area contributed by atoms with Crippen molar-refractivity contribution >= 4 is 74.8 Å². The Balaban J connectivity index is 0.816. The van der Waals surface area contributed by atoms with Gasteiger partial charge in [0.15, 0.2) is 11.5 Å². The molecular formula is C46H50Cl2N8O7. The first-order chi connectivity index (χ1) is 30.4. The zero-order valence-electron chi connectivity index (χ0n) is 35.7. The molecule has 5 heterocycles. The number of halogens is 2. The van der Waals surface area contributed by atoms with Crippen LogP contribution in [-0.2, 0) is 9.59 Å². The lowest BCUT2D eigenvalue weighted by Gasteiger charge is -2.47. The van der Waals surface area contributed by atoms with Gasteiger partial charge in [0.25, 0.3) is 11.8 Å². The van der Waals surface area contributed by atoms with E-state index in [0.29, 0.717) is 78.8 Å². The number of piperazine rings is 1. The van der Waals surface area contributed by atoms with Gasteiger partial charge in [-0.1, -0.05) is 23.2 Å². The first kappa shape index (κ1) is 44.0. The number of pyridine rings is 1. The van der Waals surface area contributed by atoms with E-state index in [-0.39, 0.29) is 24.9 Å². The van der Waals surface area contributed by atoms with Crippen LogP contribution in [0.15, 0.2) is 48.7 Å². The standard InChI is InChI=1S/C46H50Cl2N8O7/c1-26-23-54(30-6-7-31-32(16-30)46(60)56(45(31)59)38-8-9-42(57)52-44(38)58)24-27(2)55(26)25-28-10-13-53(14-11-28)12-5-15-63-41-19-36-33(17-40(41)62-4)43(29(21-49)22-50-36)51-37-20-39(61-3)35(48)18-34(37)47/h6-7,16-20,22,26-28,38H,5,8-15,23-25H2,1-4H3,(H,50,51)(H,52,57,58). The Morgan fingerprint density at radius 3 is 2.32 bits per heavy atom. The minimum Gasteiger partial charge on any atom is -0.495 e. The Morgan fingerprint density at radius 1 is 0.889 bits per heavy atom. The van der Waals surface area contributed by atoms with Crippen LogP contribution in [0.5, 0.6) is 17.2 Å². The zero-order valence-corrected chi connectivity index (χ0v) is 37.2. The van der Waals surface area contributed by atoms with E-state index in [0.717, 1.165) is 69.1 Å². The number of hydrogen-bond acceptors (Lipinski definition) is 13. The summed E-state index contributed by atoms with van der Waals surface area (Å²) in [5, 5.41) is 16.9. The average Bonchev–Trinajstić information content (AvgIpc) is 3.52. The number of rotatable bonds is 13. The van der Waals surface area contributed by atoms with Crippen molar-refractivity contribution in [1.29, 1.82) is 5.26 Å². The number of carbonyl (C=O) groups excluding carboxylic acids is 4. The summed E-state index contributed by atoms with van der Waals surface area (Å²) in [5.74, 6) is 0.123. The van der Waals surface area contributed by atoms with E-state index in [1.54, 1.807) is 31.4 Å². The highest BCUT2D eigenvalue weighted by Gasteiger charge is 2.45. The van der Waals surface area contributed by atoms with Gasteiger partial charge in [-0.15, -0.1) is 0 Å². The topological polar surface area (TPSA) is 170 Å². The Labute approximate surface area is 376 Å². The number of nitrogens with zero attached hydrogens (tertiary/aromatic N) is 6. The van der Waals surface area contributed by atoms with Crippen molar-refractivity contribution in [3.63, 3.8) is 0 Å². The van der Waals surface area contributed by atoms with Crippen molar-refractivity contribution in [2.24, 2.45) is 5.92 Å². The Hall–Kier alpha value is -5.66. The number of ether oxygens (including phenoxy) is 3. The van der Waals surface area contributed by atoms with Crippen LogP contribution in [0, 0.1) is 17.2 Å². The first-order valence-corrected chi connectivity index (χ1v) is 22.0. The van der Waals surface area contributed by atoms with Crippen molar-refractivity contribution < 1.29 is 33.4 Å². The van der Waals surface area contributed by atoms with E-state index >= 15 is 0 Å². The quantitative estimate of drug-likeness (QED) is 0.108. The number of likely N-dealkylation sites (tertiary alicyclic amines) is 1. The number of fused-ring (bicyclic) bond motifs is 2. The number of anilines is 3. The van der Waals surface area contributed by atoms with Crippen LogP contribution in [0.2, 0.25) is 10.0 Å². The maximum atomic E-state index is 13.5. The lowest BCUT2D eigenvalue weighted by atomic mass is 9.94. The molecule has 4 aliphatic heterocycles. The Kier molecular flexibility index (Phi) is 13.0. The molecule has 3 aromatic carbocycles. The molecule has 3 fully saturated rings. The van der Waals surface area contributed by atoms with Crippen molar-refractivity contribution in [2.45, 2.75) is 64.1 Å². The second kappa shape index (κ2) is 18.6. The molecule has 0 radical (unpaired) electrons. The van der Waals surface area contributed by atoms with Crippen LogP contribution in [-0.4, -0.2) is 122 Å². The predicted octanol–water partition coefficient (Wildman–Crippen LogP) is 6.66. The van der Waals surface area contributed by atoms with Crippen molar-refractivity contribution in [2.75, 3.05) is 70.3 Å². The molecule has 4 aliphatic rings. The van der Waals surface area contributed by atoms with Gasteiger partial charge in [-0.3, -0.25) is 39.3 Å². The first-order valence-electron chi connectivity index (χ1n) is 21.3. The Bertz CT molecular complexity index is 2490. The molecule has 330 valence electrons. The molecule has 63 heavy (non-hydrogen) atoms. The van der Waals surface area contributed by atoms with Gasteiger partial charge < -0.3 is 29.3 Å². The highest BCUT2D eigenvalue weighted by molar-refractivity contribution is 6.37. The average molecular weight is 898 g/mol. The van der Waals surface area contributed by atoms with Crippen LogP contribution in [0.4, 0.5) is 17.1 Å². The second-order valence-electron chi connectivity index (χ2n) is 16.7. The van der Waals surface area contributed by atoms with Gasteiger partial charge in [0.1, 0.15) is 17.9 Å². The molecule has 15 nitrogen and oxygen atoms in total. The highest BCUT2D eigenvalue weighted by atomic mass is 35.5. The van der Waals surface area contributed by atoms with Gasteiger partial charge >= 0.3 is 0 Å². The molecular weight excluding hydrogens is 847 g/mol. The van der Waals surface area contributed by atoms with Crippen molar-refractivity contribution in [3.05, 3.63) is 75.4 Å². The summed E-state index contributed by atoms with van der Waals surface area (Å²) in [7, 11) is 3.10. The minimum absolute atomic E-state index is 0.0859. The van der Waals surface area contributed by atoms with E-state index in [1.807, 2.05) is 18.2 Å². The summed E-state index contributed by atoms with van der Waals surface area (Å²) in [6, 6.07) is 14.0. The van der Waals surface area contributed by atoms with Gasteiger partial charge in [0.2, 0.25) is 11.8 Å². The number of carbonyl (C=O) groups is 4. The summed E-state index contributed by atoms with van der Waals surface area (Å²) in [6.45, 7) is 10.5. The smallest absolute Gasteiger partial charge is 0.262 e. The normalized spacial score (nSPS) is 21.1. The lowest BCUT2D eigenvalue weighted by molar-refractivity contribution is -0.136. The summed E-state index contributed by atoms with van der Waals surface area (Å²) < 4.78 is 17.4. The predicted molar refractivity (Wildman–Crippen MR) is 240 cm³/mol. The monoisotopic (exact) mass is 896 g/mol. The van der Waals surface area contributed by atoms with Gasteiger partial charge in [0.05, 0.1) is 64.5 Å². The maximum Gasteiger partial charge on any atom is 0.262 e. The van der Waals surface area contributed by atoms with Crippen molar-refractivity contribution in [1.82, 2.24) is 25.0 Å². The van der Waals surface area contributed by atoms with Gasteiger partial charge in [-0.2, -0.15) is 5.26 Å². The number of amides is 4. The molecule has 1 aromatic heterocycles. The number of methoxy groups -OCH3 is 2. The zero-order chi connectivity index (χ0) is 44.5. The summed E-state index contributed by atoms with van der Waals surface area (Å²) in [5.41, 5.74) is 3.46. The number of piperidine rings is 2. The van der Waals surface area contributed by atoms with E-state index in [9.17, 15) is 24.4 Å². The van der Waals surface area contributed by atoms with Crippen molar-refractivity contribution in [3.8, 4) is 23.3 Å². The molecule has 2 N–H and O–H groups in total. The second-order valence-corrected chi connectivity index (χ2v) is 17.5. The number of aromatic nitrogens is 1. The van der Waals surface area contributed by atoms with Crippen LogP contribution in [0.1, 0.15) is 72.2 Å². The summed E-state index contributed by atoms with van der Waals surface area (Å²) >= 11 is 12.8. The van der Waals surface area contributed by atoms with Crippen LogP contribution >= 0.6 is 23.2 Å². The molecule has 3 unspecified atom stereocenters. The number of hydrogen-bond donors (Lipinski definition) is 2. The van der Waals surface area contributed by atoms with Gasteiger partial charge in [-0.05, 0) is 88.9 Å². The molecule has 8 rings (SSSR count). The third-order valence-corrected chi connectivity index (χ3v) is 13.3. The highest BCUT2D eigenvalue weighted by Crippen LogP contribution is 2.41. The number of nitriles is 1. The molecule has 0 aliphatic carbocycles. The Morgan fingerprint density at radius 2 is 1.62 bits per heavy atom. The molecule has 0 spiro atoms. The number of nitrogens with one attached hydrogen (secondary N) is 2. The molecule has 4 amide bonds. The fraction of sp³-hybridized carbons (Fsp3) is 0.435. The lowest BCUT2D eigenvalue weighted by Crippen LogP contribution is -2.58. The fourth-order valence-electron chi connectivity index (χ4n) is 9.35. The number of imide groups is 2. The molecule has 4 aromatic rings. The van der Waals surface area contributed by atoms with E-state index in [2.05, 4.69) is 50.2 Å². The largest absolute Gasteiger partial charge is 0.495 e. The molecule has 3 saturated heterocycles. The molecule has 0 bridgehead atoms. The van der Waals surface area contributed by atoms with E-state index in [4.69, 9.17) is 37.4 Å².